The molecular formula is C12H16F3N7S. The molecule has 2 N–H and O–H groups in total. The summed E-state index contributed by atoms with van der Waals surface area (Å²) in [7, 11) is 3.41. The number of aromatic nitrogens is 4. The van der Waals surface area contributed by atoms with Gasteiger partial charge in [-0.15, -0.1) is 21.5 Å². The van der Waals surface area contributed by atoms with Crippen molar-refractivity contribution in [1.82, 2.24) is 30.4 Å². The molecule has 23 heavy (non-hydrogen) atoms. The number of hydrogen-bond acceptors (Lipinski definition) is 5. The van der Waals surface area contributed by atoms with E-state index < -0.39 is 11.9 Å². The maximum Gasteiger partial charge on any atom is 0.434 e. The lowest BCUT2D eigenvalue weighted by atomic mass is 10.5. The van der Waals surface area contributed by atoms with Crippen LogP contribution >= 0.6 is 11.3 Å². The molecule has 2 aromatic rings. The van der Waals surface area contributed by atoms with Crippen LogP contribution in [0.2, 0.25) is 0 Å². The lowest BCUT2D eigenvalue weighted by molar-refractivity contribution is -0.140. The molecule has 7 nitrogen and oxygen atoms in total. The SMILES string of the molecule is CN=C(NCc1nc(C(F)(F)F)cs1)NCc1nnc(C)n1C. The molecule has 0 saturated carbocycles. The zero-order chi connectivity index (χ0) is 17.0. The van der Waals surface area contributed by atoms with Crippen LogP contribution in [-0.2, 0) is 26.3 Å². The smallest absolute Gasteiger partial charge is 0.350 e. The van der Waals surface area contributed by atoms with Crippen LogP contribution in [0.1, 0.15) is 22.4 Å². The first kappa shape index (κ1) is 17.2. The number of aryl methyl sites for hydroxylation is 1. The Morgan fingerprint density at radius 3 is 2.52 bits per heavy atom. The second kappa shape index (κ2) is 6.94. The van der Waals surface area contributed by atoms with Crippen molar-refractivity contribution >= 4 is 17.3 Å². The molecule has 0 spiro atoms. The fourth-order valence-electron chi connectivity index (χ4n) is 1.67. The third-order valence-corrected chi connectivity index (χ3v) is 3.92. The van der Waals surface area contributed by atoms with E-state index in [2.05, 4.69) is 30.8 Å². The van der Waals surface area contributed by atoms with Crippen molar-refractivity contribution in [2.45, 2.75) is 26.2 Å². The number of thiazole rings is 1. The molecule has 2 rings (SSSR count). The molecule has 0 saturated heterocycles. The van der Waals surface area contributed by atoms with Gasteiger partial charge in [-0.05, 0) is 6.92 Å². The maximum absolute atomic E-state index is 12.5. The van der Waals surface area contributed by atoms with Gasteiger partial charge in [0.15, 0.2) is 17.5 Å². The van der Waals surface area contributed by atoms with Gasteiger partial charge in [-0.1, -0.05) is 0 Å². The predicted octanol–water partition coefficient (Wildman–Crippen LogP) is 1.46. The highest BCUT2D eigenvalue weighted by Crippen LogP contribution is 2.29. The Hall–Kier alpha value is -2.17. The molecule has 0 atom stereocenters. The van der Waals surface area contributed by atoms with Crippen molar-refractivity contribution in [3.8, 4) is 0 Å². The van der Waals surface area contributed by atoms with E-state index in [0.717, 1.165) is 28.4 Å². The van der Waals surface area contributed by atoms with Crippen LogP contribution in [0.3, 0.4) is 0 Å². The summed E-state index contributed by atoms with van der Waals surface area (Å²) < 4.78 is 39.3. The molecule has 0 aliphatic carbocycles. The topological polar surface area (TPSA) is 80.0 Å². The van der Waals surface area contributed by atoms with Crippen LogP contribution in [-0.4, -0.2) is 32.8 Å². The molecule has 0 aliphatic heterocycles. The lowest BCUT2D eigenvalue weighted by Gasteiger charge is -2.10. The summed E-state index contributed by atoms with van der Waals surface area (Å²) in [6, 6.07) is 0. The van der Waals surface area contributed by atoms with Gasteiger partial charge in [0.2, 0.25) is 0 Å². The van der Waals surface area contributed by atoms with Gasteiger partial charge in [0.25, 0.3) is 0 Å². The van der Waals surface area contributed by atoms with E-state index in [1.54, 1.807) is 7.05 Å². The zero-order valence-corrected chi connectivity index (χ0v) is 13.6. The fourth-order valence-corrected chi connectivity index (χ4v) is 2.41. The standard InChI is InChI=1S/C12H16F3N7S/c1-7-20-21-9(22(7)3)4-17-11(16-2)18-5-10-19-8(6-23-10)12(13,14)15/h6H,4-5H2,1-3H3,(H2,16,17,18). The first-order valence-corrected chi connectivity index (χ1v) is 7.50. The summed E-state index contributed by atoms with van der Waals surface area (Å²) >= 11 is 0.946. The summed E-state index contributed by atoms with van der Waals surface area (Å²) in [5, 5.41) is 15.2. The van der Waals surface area contributed by atoms with Crippen molar-refractivity contribution in [3.63, 3.8) is 0 Å². The predicted molar refractivity (Wildman–Crippen MR) is 79.9 cm³/mol. The molecule has 126 valence electrons. The summed E-state index contributed by atoms with van der Waals surface area (Å²) in [6.07, 6.45) is -4.42. The van der Waals surface area contributed by atoms with Crippen molar-refractivity contribution in [2.24, 2.45) is 12.0 Å². The van der Waals surface area contributed by atoms with Gasteiger partial charge in [0.05, 0.1) is 13.1 Å². The zero-order valence-electron chi connectivity index (χ0n) is 12.8. The van der Waals surface area contributed by atoms with Crippen LogP contribution in [0.4, 0.5) is 13.2 Å². The minimum Gasteiger partial charge on any atom is -0.350 e. The molecule has 0 aliphatic rings. The Kier molecular flexibility index (Phi) is 5.19. The average Bonchev–Trinajstić information content (AvgIpc) is 3.08. The Bertz CT molecular complexity index is 689. The van der Waals surface area contributed by atoms with Gasteiger partial charge in [-0.25, -0.2) is 4.98 Å². The number of rotatable bonds is 4. The molecule has 0 aromatic carbocycles. The number of guanidine groups is 1. The number of nitrogens with zero attached hydrogens (tertiary/aromatic N) is 5. The van der Waals surface area contributed by atoms with E-state index in [-0.39, 0.29) is 6.54 Å². The van der Waals surface area contributed by atoms with Gasteiger partial charge in [-0.2, -0.15) is 13.2 Å². The quantitative estimate of drug-likeness (QED) is 0.647. The molecule has 0 unspecified atom stereocenters. The second-order valence-corrected chi connectivity index (χ2v) is 5.57. The van der Waals surface area contributed by atoms with Gasteiger partial charge in [0.1, 0.15) is 10.8 Å². The Labute approximate surface area is 134 Å². The van der Waals surface area contributed by atoms with Gasteiger partial charge < -0.3 is 15.2 Å². The third-order valence-electron chi connectivity index (χ3n) is 3.07. The van der Waals surface area contributed by atoms with E-state index in [1.807, 2.05) is 18.5 Å². The minimum atomic E-state index is -4.42. The monoisotopic (exact) mass is 347 g/mol. The van der Waals surface area contributed by atoms with E-state index in [9.17, 15) is 13.2 Å². The van der Waals surface area contributed by atoms with Crippen molar-refractivity contribution in [3.05, 3.63) is 27.7 Å². The second-order valence-electron chi connectivity index (χ2n) is 4.63. The van der Waals surface area contributed by atoms with E-state index in [1.165, 1.54) is 0 Å². The molecule has 0 amide bonds. The van der Waals surface area contributed by atoms with Crippen LogP contribution in [0.15, 0.2) is 10.4 Å². The maximum atomic E-state index is 12.5. The summed E-state index contributed by atoms with van der Waals surface area (Å²) in [4.78, 5) is 7.55. The normalized spacial score (nSPS) is 12.5. The average molecular weight is 347 g/mol. The van der Waals surface area contributed by atoms with Gasteiger partial charge in [-0.3, -0.25) is 4.99 Å². The fraction of sp³-hybridized carbons (Fsp3) is 0.500. The number of alkyl halides is 3. The largest absolute Gasteiger partial charge is 0.434 e. The summed E-state index contributed by atoms with van der Waals surface area (Å²) in [5.41, 5.74) is -0.878. The lowest BCUT2D eigenvalue weighted by Crippen LogP contribution is -2.36. The first-order chi connectivity index (χ1) is 10.8. The molecule has 0 fully saturated rings. The number of nitrogens with one attached hydrogen (secondary N) is 2. The minimum absolute atomic E-state index is 0.151. The van der Waals surface area contributed by atoms with Crippen LogP contribution in [0.25, 0.3) is 0 Å². The van der Waals surface area contributed by atoms with E-state index >= 15 is 0 Å². The third kappa shape index (κ3) is 4.41. The van der Waals surface area contributed by atoms with Gasteiger partial charge >= 0.3 is 6.18 Å². The Morgan fingerprint density at radius 2 is 2.00 bits per heavy atom. The van der Waals surface area contributed by atoms with Crippen LogP contribution in [0, 0.1) is 6.92 Å². The Balaban J connectivity index is 1.88. The number of aliphatic imine (C=N–C) groups is 1. The van der Waals surface area contributed by atoms with Crippen molar-refractivity contribution in [1.29, 1.82) is 0 Å². The first-order valence-electron chi connectivity index (χ1n) is 6.62. The van der Waals surface area contributed by atoms with E-state index in [0.29, 0.717) is 17.5 Å². The van der Waals surface area contributed by atoms with Crippen molar-refractivity contribution in [2.75, 3.05) is 7.05 Å². The highest BCUT2D eigenvalue weighted by Gasteiger charge is 2.33. The van der Waals surface area contributed by atoms with Crippen LogP contribution < -0.4 is 10.6 Å². The van der Waals surface area contributed by atoms with Gasteiger partial charge in [0, 0.05) is 19.5 Å². The number of hydrogen-bond donors (Lipinski definition) is 2. The highest BCUT2D eigenvalue weighted by molar-refractivity contribution is 7.09. The summed E-state index contributed by atoms with van der Waals surface area (Å²) in [6.45, 7) is 2.38. The van der Waals surface area contributed by atoms with Crippen molar-refractivity contribution < 1.29 is 13.2 Å². The van der Waals surface area contributed by atoms with E-state index in [4.69, 9.17) is 0 Å². The van der Waals surface area contributed by atoms with Crippen LogP contribution in [0.5, 0.6) is 0 Å². The highest BCUT2D eigenvalue weighted by atomic mass is 32.1. The number of halogens is 3. The molecular weight excluding hydrogens is 331 g/mol. The molecule has 0 radical (unpaired) electrons. The Morgan fingerprint density at radius 1 is 1.30 bits per heavy atom. The molecule has 2 heterocycles. The summed E-state index contributed by atoms with van der Waals surface area (Å²) in [5.74, 6) is 1.95. The molecule has 0 bridgehead atoms. The molecule has 2 aromatic heterocycles. The molecule has 11 heteroatoms.